The van der Waals surface area contributed by atoms with E-state index in [4.69, 9.17) is 21.1 Å². The predicted molar refractivity (Wildman–Crippen MR) is 84.0 cm³/mol. The van der Waals surface area contributed by atoms with E-state index < -0.39 is 0 Å². The lowest BCUT2D eigenvalue weighted by atomic mass is 10.2. The van der Waals surface area contributed by atoms with Crippen LogP contribution in [0.15, 0.2) is 24.3 Å². The summed E-state index contributed by atoms with van der Waals surface area (Å²) in [4.78, 5) is 8.66. The molecule has 0 saturated heterocycles. The molecule has 0 unspecified atom stereocenters. The van der Waals surface area contributed by atoms with Crippen molar-refractivity contribution in [3.8, 4) is 11.5 Å². The van der Waals surface area contributed by atoms with Gasteiger partial charge in [0, 0.05) is 18.1 Å². The van der Waals surface area contributed by atoms with Gasteiger partial charge in [0.05, 0.1) is 19.9 Å². The van der Waals surface area contributed by atoms with Crippen molar-refractivity contribution in [1.29, 1.82) is 0 Å². The smallest absolute Gasteiger partial charge is 0.146 e. The SMILES string of the molecule is COc1ccc(Nc2cc(Cl)nc(C(C)C)n2)c(OC)c1. The van der Waals surface area contributed by atoms with Crippen LogP contribution < -0.4 is 14.8 Å². The lowest BCUT2D eigenvalue weighted by molar-refractivity contribution is 0.395. The standard InChI is InChI=1S/C15H18ClN3O2/c1-9(2)15-18-13(16)8-14(19-15)17-11-6-5-10(20-3)7-12(11)21-4/h5-9H,1-4H3,(H,17,18,19). The summed E-state index contributed by atoms with van der Waals surface area (Å²) in [7, 11) is 3.22. The van der Waals surface area contributed by atoms with Gasteiger partial charge in [0.25, 0.3) is 0 Å². The molecule has 112 valence electrons. The molecule has 1 N–H and O–H groups in total. The Labute approximate surface area is 129 Å². The maximum absolute atomic E-state index is 6.04. The molecule has 0 aliphatic carbocycles. The second-order valence-corrected chi connectivity index (χ2v) is 5.17. The molecule has 2 aromatic rings. The molecule has 1 heterocycles. The van der Waals surface area contributed by atoms with Crippen molar-refractivity contribution >= 4 is 23.1 Å². The fourth-order valence-corrected chi connectivity index (χ4v) is 1.99. The van der Waals surface area contributed by atoms with E-state index in [0.29, 0.717) is 22.5 Å². The van der Waals surface area contributed by atoms with Crippen LogP contribution in [0, 0.1) is 0 Å². The monoisotopic (exact) mass is 307 g/mol. The highest BCUT2D eigenvalue weighted by Gasteiger charge is 2.10. The largest absolute Gasteiger partial charge is 0.497 e. The molecule has 1 aromatic carbocycles. The van der Waals surface area contributed by atoms with Gasteiger partial charge in [-0.25, -0.2) is 9.97 Å². The Morgan fingerprint density at radius 3 is 2.48 bits per heavy atom. The average molecular weight is 308 g/mol. The summed E-state index contributed by atoms with van der Waals surface area (Å²) < 4.78 is 10.5. The van der Waals surface area contributed by atoms with Crippen LogP contribution in [0.5, 0.6) is 11.5 Å². The van der Waals surface area contributed by atoms with E-state index in [0.717, 1.165) is 11.4 Å². The Morgan fingerprint density at radius 1 is 1.10 bits per heavy atom. The summed E-state index contributed by atoms with van der Waals surface area (Å²) >= 11 is 6.04. The number of halogens is 1. The van der Waals surface area contributed by atoms with E-state index in [1.54, 1.807) is 26.4 Å². The molecular weight excluding hydrogens is 290 g/mol. The van der Waals surface area contributed by atoms with Crippen molar-refractivity contribution in [1.82, 2.24) is 9.97 Å². The second kappa shape index (κ2) is 6.63. The van der Waals surface area contributed by atoms with Crippen molar-refractivity contribution in [2.45, 2.75) is 19.8 Å². The van der Waals surface area contributed by atoms with Gasteiger partial charge in [0.15, 0.2) is 0 Å². The van der Waals surface area contributed by atoms with Crippen molar-refractivity contribution in [2.24, 2.45) is 0 Å². The number of ether oxygens (including phenoxy) is 2. The molecule has 0 aliphatic heterocycles. The van der Waals surface area contributed by atoms with Crippen LogP contribution in [0.25, 0.3) is 0 Å². The number of hydrogen-bond donors (Lipinski definition) is 1. The molecule has 5 nitrogen and oxygen atoms in total. The van der Waals surface area contributed by atoms with Crippen molar-refractivity contribution < 1.29 is 9.47 Å². The van der Waals surface area contributed by atoms with Crippen LogP contribution in [0.1, 0.15) is 25.6 Å². The summed E-state index contributed by atoms with van der Waals surface area (Å²) in [6.07, 6.45) is 0. The quantitative estimate of drug-likeness (QED) is 0.846. The lowest BCUT2D eigenvalue weighted by Crippen LogP contribution is -2.03. The Morgan fingerprint density at radius 2 is 1.86 bits per heavy atom. The lowest BCUT2D eigenvalue weighted by Gasteiger charge is -2.13. The molecule has 21 heavy (non-hydrogen) atoms. The zero-order chi connectivity index (χ0) is 15.4. The molecule has 0 atom stereocenters. The van der Waals surface area contributed by atoms with Crippen LogP contribution >= 0.6 is 11.6 Å². The highest BCUT2D eigenvalue weighted by Crippen LogP contribution is 2.31. The van der Waals surface area contributed by atoms with Gasteiger partial charge in [-0.15, -0.1) is 0 Å². The minimum absolute atomic E-state index is 0.196. The number of anilines is 2. The minimum atomic E-state index is 0.196. The van der Waals surface area contributed by atoms with Gasteiger partial charge >= 0.3 is 0 Å². The number of benzene rings is 1. The van der Waals surface area contributed by atoms with Crippen LogP contribution in [-0.2, 0) is 0 Å². The Balaban J connectivity index is 2.33. The topological polar surface area (TPSA) is 56.3 Å². The van der Waals surface area contributed by atoms with Gasteiger partial charge in [-0.3, -0.25) is 0 Å². The van der Waals surface area contributed by atoms with Gasteiger partial charge in [-0.2, -0.15) is 0 Å². The molecule has 0 fully saturated rings. The minimum Gasteiger partial charge on any atom is -0.497 e. The molecule has 0 amide bonds. The van der Waals surface area contributed by atoms with Crippen LogP contribution in [-0.4, -0.2) is 24.2 Å². The van der Waals surface area contributed by atoms with E-state index >= 15 is 0 Å². The first-order valence-corrected chi connectivity index (χ1v) is 6.94. The molecule has 2 rings (SSSR count). The highest BCUT2D eigenvalue weighted by molar-refractivity contribution is 6.29. The number of nitrogens with zero attached hydrogens (tertiary/aromatic N) is 2. The molecule has 0 radical (unpaired) electrons. The number of hydrogen-bond acceptors (Lipinski definition) is 5. The van der Waals surface area contributed by atoms with E-state index in [1.165, 1.54) is 0 Å². The number of nitrogens with one attached hydrogen (secondary N) is 1. The summed E-state index contributed by atoms with van der Waals surface area (Å²) in [6.45, 7) is 4.03. The Hall–Kier alpha value is -2.01. The molecule has 0 saturated carbocycles. The molecule has 6 heteroatoms. The van der Waals surface area contributed by atoms with Gasteiger partial charge < -0.3 is 14.8 Å². The summed E-state index contributed by atoms with van der Waals surface area (Å²) in [5.41, 5.74) is 0.780. The zero-order valence-corrected chi connectivity index (χ0v) is 13.2. The second-order valence-electron chi connectivity index (χ2n) is 4.78. The first kappa shape index (κ1) is 15.4. The molecule has 0 aliphatic rings. The molecule has 0 spiro atoms. The number of rotatable bonds is 5. The van der Waals surface area contributed by atoms with Gasteiger partial charge in [0.2, 0.25) is 0 Å². The Kier molecular flexibility index (Phi) is 4.85. The molecule has 0 bridgehead atoms. The van der Waals surface area contributed by atoms with Crippen molar-refractivity contribution in [2.75, 3.05) is 19.5 Å². The van der Waals surface area contributed by atoms with Gasteiger partial charge in [0.1, 0.15) is 28.3 Å². The van der Waals surface area contributed by atoms with Gasteiger partial charge in [-0.05, 0) is 12.1 Å². The fraction of sp³-hybridized carbons (Fsp3) is 0.333. The first-order chi connectivity index (χ1) is 10.0. The zero-order valence-electron chi connectivity index (χ0n) is 12.5. The fourth-order valence-electron chi connectivity index (χ4n) is 1.80. The maximum atomic E-state index is 6.04. The average Bonchev–Trinajstić information content (AvgIpc) is 2.47. The van der Waals surface area contributed by atoms with Crippen LogP contribution in [0.3, 0.4) is 0 Å². The number of aromatic nitrogens is 2. The van der Waals surface area contributed by atoms with E-state index in [1.807, 2.05) is 26.0 Å². The van der Waals surface area contributed by atoms with Gasteiger partial charge in [-0.1, -0.05) is 25.4 Å². The molecular formula is C15H18ClN3O2. The third-order valence-corrected chi connectivity index (χ3v) is 3.09. The summed E-state index contributed by atoms with van der Waals surface area (Å²) in [5.74, 6) is 2.90. The van der Waals surface area contributed by atoms with E-state index in [2.05, 4.69) is 15.3 Å². The van der Waals surface area contributed by atoms with Crippen LogP contribution in [0.4, 0.5) is 11.5 Å². The Bertz CT molecular complexity index is 632. The first-order valence-electron chi connectivity index (χ1n) is 6.57. The van der Waals surface area contributed by atoms with Crippen LogP contribution in [0.2, 0.25) is 5.15 Å². The summed E-state index contributed by atoms with van der Waals surface area (Å²) in [5, 5.41) is 3.60. The predicted octanol–water partition coefficient (Wildman–Crippen LogP) is 4.01. The third-order valence-electron chi connectivity index (χ3n) is 2.90. The molecule has 1 aromatic heterocycles. The summed E-state index contributed by atoms with van der Waals surface area (Å²) in [6, 6.07) is 7.19. The number of methoxy groups -OCH3 is 2. The third kappa shape index (κ3) is 3.76. The van der Waals surface area contributed by atoms with Crippen molar-refractivity contribution in [3.63, 3.8) is 0 Å². The van der Waals surface area contributed by atoms with Crippen molar-refractivity contribution in [3.05, 3.63) is 35.2 Å². The van der Waals surface area contributed by atoms with E-state index in [-0.39, 0.29) is 5.92 Å². The highest BCUT2D eigenvalue weighted by atomic mass is 35.5. The normalized spacial score (nSPS) is 10.6. The maximum Gasteiger partial charge on any atom is 0.146 e. The van der Waals surface area contributed by atoms with E-state index in [9.17, 15) is 0 Å².